The first-order chi connectivity index (χ1) is 9.25. The molecule has 0 bridgehead atoms. The van der Waals surface area contributed by atoms with Gasteiger partial charge in [-0.15, -0.1) is 0 Å². The highest BCUT2D eigenvalue weighted by molar-refractivity contribution is 5.60. The van der Waals surface area contributed by atoms with Crippen molar-refractivity contribution in [2.24, 2.45) is 0 Å². The quantitative estimate of drug-likeness (QED) is 0.760. The fourth-order valence-electron chi connectivity index (χ4n) is 1.99. The molecule has 94 valence electrons. The maximum atomic E-state index is 5.81. The summed E-state index contributed by atoms with van der Waals surface area (Å²) in [5.41, 5.74) is 10.2. The largest absolute Gasteiger partial charge is 0.397 e. The maximum absolute atomic E-state index is 5.81. The van der Waals surface area contributed by atoms with Crippen molar-refractivity contribution in [2.75, 3.05) is 5.73 Å². The summed E-state index contributed by atoms with van der Waals surface area (Å²) in [4.78, 5) is 4.52. The van der Waals surface area contributed by atoms with E-state index < -0.39 is 0 Å². The van der Waals surface area contributed by atoms with E-state index in [4.69, 9.17) is 5.73 Å². The Hall–Kier alpha value is -2.62. The summed E-state index contributed by atoms with van der Waals surface area (Å²) >= 11 is 0. The van der Waals surface area contributed by atoms with Gasteiger partial charge >= 0.3 is 0 Å². The maximum Gasteiger partial charge on any atom is 0.0925 e. The molecule has 0 saturated carbocycles. The Labute approximate surface area is 111 Å². The number of pyridine rings is 1. The lowest BCUT2D eigenvalue weighted by Gasteiger charge is -2.08. The van der Waals surface area contributed by atoms with Gasteiger partial charge in [0.2, 0.25) is 0 Å². The van der Waals surface area contributed by atoms with E-state index >= 15 is 0 Å². The van der Waals surface area contributed by atoms with E-state index in [2.05, 4.69) is 10.1 Å². The molecule has 0 unspecified atom stereocenters. The smallest absolute Gasteiger partial charge is 0.0925 e. The van der Waals surface area contributed by atoms with Crippen molar-refractivity contribution in [3.05, 3.63) is 60.4 Å². The monoisotopic (exact) mass is 250 g/mol. The fraction of sp³-hybridized carbons (Fsp3) is 0.0667. The standard InChI is InChI=1S/C15H14N4/c1-11-13(16)7-8-14(18-11)15-9-10-17-19(15)12-5-3-2-4-6-12/h2-10H,16H2,1H3. The average Bonchev–Trinajstić information content (AvgIpc) is 2.92. The van der Waals surface area contributed by atoms with Gasteiger partial charge in [0, 0.05) is 0 Å². The number of aromatic nitrogens is 3. The van der Waals surface area contributed by atoms with Crippen LogP contribution in [0.2, 0.25) is 0 Å². The lowest BCUT2D eigenvalue weighted by molar-refractivity contribution is 0.883. The van der Waals surface area contributed by atoms with Crippen molar-refractivity contribution in [2.45, 2.75) is 6.92 Å². The van der Waals surface area contributed by atoms with Gasteiger partial charge in [-0.1, -0.05) is 18.2 Å². The molecule has 0 spiro atoms. The SMILES string of the molecule is Cc1nc(-c2ccnn2-c2ccccc2)ccc1N. The second kappa shape index (κ2) is 4.57. The number of hydrogen-bond acceptors (Lipinski definition) is 3. The van der Waals surface area contributed by atoms with Crippen LogP contribution in [0.4, 0.5) is 5.69 Å². The number of para-hydroxylation sites is 1. The van der Waals surface area contributed by atoms with Crippen LogP contribution in [-0.2, 0) is 0 Å². The molecule has 2 heterocycles. The average molecular weight is 250 g/mol. The molecule has 19 heavy (non-hydrogen) atoms. The molecule has 0 aliphatic rings. The minimum absolute atomic E-state index is 0.703. The van der Waals surface area contributed by atoms with Crippen molar-refractivity contribution >= 4 is 5.69 Å². The summed E-state index contributed by atoms with van der Waals surface area (Å²) in [5.74, 6) is 0. The van der Waals surface area contributed by atoms with E-state index in [-0.39, 0.29) is 0 Å². The van der Waals surface area contributed by atoms with Gasteiger partial charge in [0.15, 0.2) is 0 Å². The van der Waals surface area contributed by atoms with Gasteiger partial charge in [0.25, 0.3) is 0 Å². The van der Waals surface area contributed by atoms with E-state index in [1.54, 1.807) is 6.20 Å². The third kappa shape index (κ3) is 2.08. The van der Waals surface area contributed by atoms with Gasteiger partial charge in [0.1, 0.15) is 0 Å². The Morgan fingerprint density at radius 1 is 1.00 bits per heavy atom. The van der Waals surface area contributed by atoms with Crippen molar-refractivity contribution in [3.63, 3.8) is 0 Å². The molecule has 0 amide bonds. The predicted molar refractivity (Wildman–Crippen MR) is 75.9 cm³/mol. The Morgan fingerprint density at radius 2 is 1.79 bits per heavy atom. The van der Waals surface area contributed by atoms with Crippen molar-refractivity contribution in [1.29, 1.82) is 0 Å². The van der Waals surface area contributed by atoms with E-state index in [9.17, 15) is 0 Å². The van der Waals surface area contributed by atoms with Crippen molar-refractivity contribution < 1.29 is 0 Å². The van der Waals surface area contributed by atoms with Gasteiger partial charge in [-0.3, -0.25) is 0 Å². The van der Waals surface area contributed by atoms with Crippen LogP contribution in [0.25, 0.3) is 17.1 Å². The summed E-state index contributed by atoms with van der Waals surface area (Å²) in [6, 6.07) is 15.7. The zero-order valence-electron chi connectivity index (χ0n) is 10.6. The van der Waals surface area contributed by atoms with Gasteiger partial charge in [-0.05, 0) is 37.3 Å². The number of anilines is 1. The molecule has 2 aromatic heterocycles. The normalized spacial score (nSPS) is 10.6. The van der Waals surface area contributed by atoms with Crippen LogP contribution in [0.15, 0.2) is 54.7 Å². The summed E-state index contributed by atoms with van der Waals surface area (Å²) < 4.78 is 1.87. The van der Waals surface area contributed by atoms with E-state index in [0.717, 1.165) is 22.8 Å². The summed E-state index contributed by atoms with van der Waals surface area (Å²) in [5, 5.41) is 4.36. The third-order valence-electron chi connectivity index (χ3n) is 3.03. The topological polar surface area (TPSA) is 56.7 Å². The fourth-order valence-corrected chi connectivity index (χ4v) is 1.99. The number of nitrogens with zero attached hydrogens (tertiary/aromatic N) is 3. The van der Waals surface area contributed by atoms with Gasteiger partial charge in [-0.25, -0.2) is 9.67 Å². The summed E-state index contributed by atoms with van der Waals surface area (Å²) in [6.45, 7) is 1.90. The molecule has 0 radical (unpaired) electrons. The number of benzene rings is 1. The second-order valence-electron chi connectivity index (χ2n) is 4.33. The van der Waals surface area contributed by atoms with E-state index in [0.29, 0.717) is 5.69 Å². The van der Waals surface area contributed by atoms with Crippen molar-refractivity contribution in [3.8, 4) is 17.1 Å². The molecule has 0 aliphatic heterocycles. The zero-order chi connectivity index (χ0) is 13.2. The zero-order valence-corrected chi connectivity index (χ0v) is 10.6. The molecule has 3 rings (SSSR count). The first-order valence-electron chi connectivity index (χ1n) is 6.08. The Balaban J connectivity index is 2.12. The molecule has 4 nitrogen and oxygen atoms in total. The molecular weight excluding hydrogens is 236 g/mol. The van der Waals surface area contributed by atoms with E-state index in [1.165, 1.54) is 0 Å². The molecule has 0 saturated heterocycles. The van der Waals surface area contributed by atoms with Crippen LogP contribution in [0.1, 0.15) is 5.69 Å². The number of hydrogen-bond donors (Lipinski definition) is 1. The highest BCUT2D eigenvalue weighted by Crippen LogP contribution is 2.22. The first kappa shape index (κ1) is 11.5. The predicted octanol–water partition coefficient (Wildman–Crippen LogP) is 2.82. The highest BCUT2D eigenvalue weighted by Gasteiger charge is 2.09. The van der Waals surface area contributed by atoms with Gasteiger partial charge in [0.05, 0.1) is 34.7 Å². The molecular formula is C15H14N4. The van der Waals surface area contributed by atoms with Crippen LogP contribution in [0.5, 0.6) is 0 Å². The van der Waals surface area contributed by atoms with Gasteiger partial charge in [-0.2, -0.15) is 5.10 Å². The Kier molecular flexibility index (Phi) is 2.76. The minimum atomic E-state index is 0.703. The lowest BCUT2D eigenvalue weighted by atomic mass is 10.2. The first-order valence-corrected chi connectivity index (χ1v) is 6.08. The lowest BCUT2D eigenvalue weighted by Crippen LogP contribution is -2.01. The summed E-state index contributed by atoms with van der Waals surface area (Å²) in [6.07, 6.45) is 1.77. The Bertz CT molecular complexity index is 701. The van der Waals surface area contributed by atoms with Crippen LogP contribution in [-0.4, -0.2) is 14.8 Å². The molecule has 4 heteroatoms. The number of rotatable bonds is 2. The number of nitrogen functional groups attached to an aromatic ring is 1. The Morgan fingerprint density at radius 3 is 2.53 bits per heavy atom. The third-order valence-corrected chi connectivity index (χ3v) is 3.03. The van der Waals surface area contributed by atoms with Crippen LogP contribution < -0.4 is 5.73 Å². The number of aryl methyl sites for hydroxylation is 1. The minimum Gasteiger partial charge on any atom is -0.397 e. The second-order valence-corrected chi connectivity index (χ2v) is 4.33. The molecule has 2 N–H and O–H groups in total. The van der Waals surface area contributed by atoms with Crippen LogP contribution in [0, 0.1) is 6.92 Å². The van der Waals surface area contributed by atoms with Crippen LogP contribution >= 0.6 is 0 Å². The van der Waals surface area contributed by atoms with E-state index in [1.807, 2.05) is 60.1 Å². The highest BCUT2D eigenvalue weighted by atomic mass is 15.3. The van der Waals surface area contributed by atoms with Crippen molar-refractivity contribution in [1.82, 2.24) is 14.8 Å². The van der Waals surface area contributed by atoms with Gasteiger partial charge < -0.3 is 5.73 Å². The molecule has 0 atom stereocenters. The number of nitrogens with two attached hydrogens (primary N) is 1. The van der Waals surface area contributed by atoms with Crippen LogP contribution in [0.3, 0.4) is 0 Å². The molecule has 0 aliphatic carbocycles. The molecule has 1 aromatic carbocycles. The molecule has 3 aromatic rings. The molecule has 0 fully saturated rings. The summed E-state index contributed by atoms with van der Waals surface area (Å²) in [7, 11) is 0.